The van der Waals surface area contributed by atoms with Gasteiger partial charge < -0.3 is 5.11 Å². The maximum atomic E-state index is 11.4. The number of non-ortho nitro benzene ring substituents is 1. The minimum Gasteiger partial charge on any atom is -0.480 e. The van der Waals surface area contributed by atoms with Gasteiger partial charge in [-0.25, -0.2) is 0 Å². The normalized spacial score (nSPS) is 22.3. The lowest BCUT2D eigenvalue weighted by atomic mass is 9.95. The van der Waals surface area contributed by atoms with Gasteiger partial charge in [-0.05, 0) is 37.0 Å². The molecule has 1 atom stereocenters. The van der Waals surface area contributed by atoms with Gasteiger partial charge in [0.2, 0.25) is 0 Å². The quantitative estimate of drug-likeness (QED) is 0.663. The fourth-order valence-electron chi connectivity index (χ4n) is 2.30. The Morgan fingerprint density at radius 1 is 1.42 bits per heavy atom. The van der Waals surface area contributed by atoms with Crippen molar-refractivity contribution in [3.05, 3.63) is 39.9 Å². The Labute approximate surface area is 115 Å². The third kappa shape index (κ3) is 3.07. The van der Waals surface area contributed by atoms with Crippen LogP contribution in [0.3, 0.4) is 0 Å². The second-order valence-electron chi connectivity index (χ2n) is 4.68. The van der Waals surface area contributed by atoms with Crippen molar-refractivity contribution < 1.29 is 14.8 Å². The molecule has 1 heterocycles. The van der Waals surface area contributed by atoms with Crippen LogP contribution in [0, 0.1) is 10.1 Å². The van der Waals surface area contributed by atoms with Gasteiger partial charge in [-0.2, -0.15) is 0 Å². The molecule has 0 spiro atoms. The summed E-state index contributed by atoms with van der Waals surface area (Å²) in [4.78, 5) is 21.5. The number of thioether (sulfide) groups is 1. The molecule has 0 radical (unpaired) electrons. The molecule has 1 aromatic carbocycles. The Morgan fingerprint density at radius 2 is 2.11 bits per heavy atom. The first-order valence-corrected chi connectivity index (χ1v) is 7.13. The third-order valence-corrected chi connectivity index (χ3v) is 5.09. The lowest BCUT2D eigenvalue weighted by molar-refractivity contribution is -0.384. The summed E-state index contributed by atoms with van der Waals surface area (Å²) in [6, 6.07) is 6.33. The average Bonchev–Trinajstić information content (AvgIpc) is 2.87. The van der Waals surface area contributed by atoms with E-state index in [1.165, 1.54) is 23.9 Å². The van der Waals surface area contributed by atoms with Crippen LogP contribution in [0.5, 0.6) is 0 Å². The number of carboxylic acids is 1. The number of aryl methyl sites for hydroxylation is 1. The summed E-state index contributed by atoms with van der Waals surface area (Å²) in [5.41, 5.74) is 1.01. The van der Waals surface area contributed by atoms with Crippen LogP contribution in [0.2, 0.25) is 0 Å². The van der Waals surface area contributed by atoms with Crippen molar-refractivity contribution in [2.45, 2.75) is 30.4 Å². The number of nitro groups is 1. The highest BCUT2D eigenvalue weighted by Gasteiger charge is 2.41. The summed E-state index contributed by atoms with van der Waals surface area (Å²) in [5.74, 6) is 0.156. The Balaban J connectivity index is 2.01. The minimum absolute atomic E-state index is 0.0620. The van der Waals surface area contributed by atoms with Gasteiger partial charge in [-0.3, -0.25) is 14.9 Å². The van der Waals surface area contributed by atoms with E-state index in [-0.39, 0.29) is 5.69 Å². The zero-order valence-corrected chi connectivity index (χ0v) is 11.2. The molecule has 6 heteroatoms. The van der Waals surface area contributed by atoms with Crippen molar-refractivity contribution in [2.75, 3.05) is 5.75 Å². The molecule has 0 amide bonds. The second-order valence-corrected chi connectivity index (χ2v) is 6.15. The molecule has 1 unspecified atom stereocenters. The summed E-state index contributed by atoms with van der Waals surface area (Å²) in [5, 5.41) is 19.9. The number of aliphatic carboxylic acids is 1. The van der Waals surface area contributed by atoms with E-state index in [9.17, 15) is 20.0 Å². The Kier molecular flexibility index (Phi) is 4.09. The Bertz CT molecular complexity index is 480. The molecule has 1 fully saturated rings. The molecule has 5 nitrogen and oxygen atoms in total. The fourth-order valence-corrected chi connectivity index (χ4v) is 3.64. The predicted molar refractivity (Wildman–Crippen MR) is 73.5 cm³/mol. The smallest absolute Gasteiger partial charge is 0.319 e. The molecule has 0 aromatic heterocycles. The zero-order valence-electron chi connectivity index (χ0n) is 10.4. The molecule has 1 saturated heterocycles. The van der Waals surface area contributed by atoms with Crippen molar-refractivity contribution in [3.63, 3.8) is 0 Å². The molecule has 1 aliphatic rings. The Hall–Kier alpha value is -1.56. The van der Waals surface area contributed by atoms with Crippen molar-refractivity contribution in [3.8, 4) is 0 Å². The summed E-state index contributed by atoms with van der Waals surface area (Å²) < 4.78 is -0.665. The predicted octanol–water partition coefficient (Wildman–Crippen LogP) is 2.88. The molecule has 19 heavy (non-hydrogen) atoms. The lowest BCUT2D eigenvalue weighted by Gasteiger charge is -2.22. The van der Waals surface area contributed by atoms with E-state index in [0.29, 0.717) is 19.3 Å². The average molecular weight is 281 g/mol. The van der Waals surface area contributed by atoms with Crippen LogP contribution in [0.4, 0.5) is 5.69 Å². The molecule has 102 valence electrons. The van der Waals surface area contributed by atoms with Gasteiger partial charge in [-0.15, -0.1) is 11.8 Å². The van der Waals surface area contributed by atoms with Gasteiger partial charge in [0.05, 0.1) is 4.92 Å². The van der Waals surface area contributed by atoms with Crippen molar-refractivity contribution in [1.82, 2.24) is 0 Å². The number of carbonyl (C=O) groups is 1. The summed E-state index contributed by atoms with van der Waals surface area (Å²) in [6.07, 6.45) is 2.86. The highest BCUT2D eigenvalue weighted by Crippen LogP contribution is 2.42. The van der Waals surface area contributed by atoms with Crippen LogP contribution in [0.15, 0.2) is 24.3 Å². The standard InChI is InChI=1S/C13H15NO4S/c15-12(16)13(7-1-9-19-13)8-6-10-2-4-11(5-3-10)14(17)18/h2-5H,1,6-9H2,(H,15,16). The van der Waals surface area contributed by atoms with E-state index in [1.54, 1.807) is 12.1 Å². The molecule has 1 N–H and O–H groups in total. The molecular formula is C13H15NO4S. The van der Waals surface area contributed by atoms with E-state index in [2.05, 4.69) is 0 Å². The van der Waals surface area contributed by atoms with Crippen molar-refractivity contribution in [2.24, 2.45) is 0 Å². The van der Waals surface area contributed by atoms with Crippen LogP contribution in [-0.2, 0) is 11.2 Å². The van der Waals surface area contributed by atoms with Crippen LogP contribution in [-0.4, -0.2) is 26.5 Å². The maximum Gasteiger partial charge on any atom is 0.319 e. The molecule has 0 saturated carbocycles. The SMILES string of the molecule is O=C(O)C1(CCc2ccc([N+](=O)[O-])cc2)CCCS1. The van der Waals surface area contributed by atoms with E-state index in [1.807, 2.05) is 0 Å². The number of hydrogen-bond acceptors (Lipinski definition) is 4. The molecule has 0 aliphatic carbocycles. The molecular weight excluding hydrogens is 266 g/mol. The molecule has 1 aliphatic heterocycles. The first-order chi connectivity index (χ1) is 9.03. The van der Waals surface area contributed by atoms with E-state index in [0.717, 1.165) is 17.7 Å². The summed E-state index contributed by atoms with van der Waals surface area (Å²) in [6.45, 7) is 0. The third-order valence-electron chi connectivity index (χ3n) is 3.46. The van der Waals surface area contributed by atoms with Crippen molar-refractivity contribution >= 4 is 23.4 Å². The molecule has 0 bridgehead atoms. The van der Waals surface area contributed by atoms with Crippen LogP contribution in [0.1, 0.15) is 24.8 Å². The first-order valence-electron chi connectivity index (χ1n) is 6.14. The highest BCUT2D eigenvalue weighted by atomic mass is 32.2. The van der Waals surface area contributed by atoms with Gasteiger partial charge >= 0.3 is 5.97 Å². The fraction of sp³-hybridized carbons (Fsp3) is 0.462. The number of benzene rings is 1. The van der Waals surface area contributed by atoms with Crippen LogP contribution < -0.4 is 0 Å². The lowest BCUT2D eigenvalue weighted by Crippen LogP contribution is -2.32. The number of nitrogens with zero attached hydrogens (tertiary/aromatic N) is 1. The van der Waals surface area contributed by atoms with Gasteiger partial charge in [0.1, 0.15) is 4.75 Å². The topological polar surface area (TPSA) is 80.4 Å². The number of nitro benzene ring substituents is 1. The second kappa shape index (κ2) is 5.61. The monoisotopic (exact) mass is 281 g/mol. The van der Waals surface area contributed by atoms with Crippen LogP contribution >= 0.6 is 11.8 Å². The minimum atomic E-state index is -0.739. The van der Waals surface area contributed by atoms with Gasteiger partial charge in [-0.1, -0.05) is 12.1 Å². The summed E-state index contributed by atoms with van der Waals surface area (Å²) in [7, 11) is 0. The Morgan fingerprint density at radius 3 is 2.58 bits per heavy atom. The molecule has 2 rings (SSSR count). The number of rotatable bonds is 5. The maximum absolute atomic E-state index is 11.4. The van der Waals surface area contributed by atoms with E-state index in [4.69, 9.17) is 0 Å². The number of hydrogen-bond donors (Lipinski definition) is 1. The summed E-state index contributed by atoms with van der Waals surface area (Å²) >= 11 is 1.52. The van der Waals surface area contributed by atoms with Gasteiger partial charge in [0, 0.05) is 12.1 Å². The zero-order chi connectivity index (χ0) is 13.9. The highest BCUT2D eigenvalue weighted by molar-refractivity contribution is 8.01. The molecule has 1 aromatic rings. The van der Waals surface area contributed by atoms with Gasteiger partial charge in [0.25, 0.3) is 5.69 Å². The first kappa shape index (κ1) is 13.9. The van der Waals surface area contributed by atoms with E-state index < -0.39 is 15.6 Å². The largest absolute Gasteiger partial charge is 0.480 e. The van der Waals surface area contributed by atoms with Crippen molar-refractivity contribution in [1.29, 1.82) is 0 Å². The van der Waals surface area contributed by atoms with E-state index >= 15 is 0 Å². The van der Waals surface area contributed by atoms with Gasteiger partial charge in [0.15, 0.2) is 0 Å². The van der Waals surface area contributed by atoms with Crippen LogP contribution in [0.25, 0.3) is 0 Å². The number of carboxylic acid groups (broad SMARTS) is 1.